The Balaban J connectivity index is 4.17. The van der Waals surface area contributed by atoms with Crippen molar-refractivity contribution in [1.29, 1.82) is 0 Å². The lowest BCUT2D eigenvalue weighted by molar-refractivity contribution is -0.124. The maximum Gasteiger partial charge on any atom is 0.472 e. The summed E-state index contributed by atoms with van der Waals surface area (Å²) < 4.78 is 22.2. The summed E-state index contributed by atoms with van der Waals surface area (Å²) in [6.07, 6.45) is 54.2. The highest BCUT2D eigenvalue weighted by atomic mass is 31.2. The van der Waals surface area contributed by atoms with E-state index in [1.54, 1.807) is 6.08 Å². The minimum atomic E-state index is -4.41. The topological polar surface area (TPSA) is 151 Å². The molecule has 0 saturated heterocycles. The van der Waals surface area contributed by atoms with Gasteiger partial charge in [0.25, 0.3) is 0 Å². The number of phosphoric ester groups is 1. The fourth-order valence-electron chi connectivity index (χ4n) is 8.06. The van der Waals surface area contributed by atoms with Gasteiger partial charge in [0.15, 0.2) is 0 Å². The van der Waals surface area contributed by atoms with Gasteiger partial charge < -0.3 is 26.2 Å². The molecule has 0 fully saturated rings. The van der Waals surface area contributed by atoms with E-state index in [4.69, 9.17) is 14.8 Å². The Morgan fingerprint density at radius 2 is 0.903 bits per heavy atom. The molecule has 0 bridgehead atoms. The average Bonchev–Trinajstić information content (AvgIpc) is 3.25. The molecule has 0 saturated carbocycles. The van der Waals surface area contributed by atoms with E-state index in [1.807, 2.05) is 6.08 Å². The summed E-state index contributed by atoms with van der Waals surface area (Å²) in [5.74, 6) is -0.447. The van der Waals surface area contributed by atoms with Crippen molar-refractivity contribution in [2.75, 3.05) is 19.8 Å². The molecule has 0 spiro atoms. The summed E-state index contributed by atoms with van der Waals surface area (Å²) in [5.41, 5.74) is 5.38. The first-order chi connectivity index (χ1) is 30.3. The number of aliphatic hydroxyl groups is 2. The summed E-state index contributed by atoms with van der Waals surface area (Å²) in [6, 6.07) is -0.984. The van der Waals surface area contributed by atoms with Gasteiger partial charge in [0.2, 0.25) is 5.91 Å². The fraction of sp³-hybridized carbons (Fsp3) is 0.904. The van der Waals surface area contributed by atoms with E-state index in [0.717, 1.165) is 51.4 Å². The molecule has 368 valence electrons. The number of carbonyl (C=O) groups is 1. The van der Waals surface area contributed by atoms with Gasteiger partial charge in [0.1, 0.15) is 0 Å². The largest absolute Gasteiger partial charge is 0.472 e. The minimum absolute atomic E-state index is 0.0492. The fourth-order valence-corrected chi connectivity index (χ4v) is 8.82. The predicted molar refractivity (Wildman–Crippen MR) is 264 cm³/mol. The Morgan fingerprint density at radius 3 is 1.29 bits per heavy atom. The second-order valence-corrected chi connectivity index (χ2v) is 19.7. The number of amides is 1. The number of rotatable bonds is 50. The molecule has 4 atom stereocenters. The number of nitrogens with one attached hydrogen (secondary N) is 1. The number of hydrogen-bond acceptors (Lipinski definition) is 7. The number of hydrogen-bond donors (Lipinski definition) is 5. The van der Waals surface area contributed by atoms with Crippen LogP contribution in [0.1, 0.15) is 264 Å². The maximum atomic E-state index is 12.9. The maximum absolute atomic E-state index is 12.9. The molecule has 0 radical (unpaired) electrons. The average molecular weight is 899 g/mol. The Labute approximate surface area is 383 Å². The first-order valence-electron chi connectivity index (χ1n) is 26.5. The van der Waals surface area contributed by atoms with Crippen molar-refractivity contribution in [3.63, 3.8) is 0 Å². The molecule has 9 nitrogen and oxygen atoms in total. The van der Waals surface area contributed by atoms with Crippen molar-refractivity contribution in [2.24, 2.45) is 5.73 Å². The van der Waals surface area contributed by atoms with E-state index in [0.29, 0.717) is 6.42 Å². The SMILES string of the molecule is CCCCCCCCCCCCCC/C=C\CCCCCCCC(O)CC(=O)NC(COP(=O)(O)OCCN)C(O)/C=C/CCCCCCCCCCCCCCCCCCC. The van der Waals surface area contributed by atoms with Crippen LogP contribution in [0.3, 0.4) is 0 Å². The van der Waals surface area contributed by atoms with Gasteiger partial charge in [0, 0.05) is 6.54 Å². The molecule has 0 aliphatic carbocycles. The molecule has 10 heteroatoms. The van der Waals surface area contributed by atoms with E-state index >= 15 is 0 Å². The Hall–Kier alpha value is -1.06. The lowest BCUT2D eigenvalue weighted by Crippen LogP contribution is -2.46. The second kappa shape index (κ2) is 47.9. The van der Waals surface area contributed by atoms with Gasteiger partial charge >= 0.3 is 7.82 Å². The van der Waals surface area contributed by atoms with Crippen LogP contribution in [0.25, 0.3) is 0 Å². The van der Waals surface area contributed by atoms with E-state index < -0.39 is 38.6 Å². The molecule has 0 aromatic carbocycles. The highest BCUT2D eigenvalue weighted by Gasteiger charge is 2.27. The molecule has 0 aliphatic rings. The number of allylic oxidation sites excluding steroid dienone is 3. The van der Waals surface area contributed by atoms with Gasteiger partial charge in [-0.1, -0.05) is 237 Å². The molecular formula is C52H103N2O7P. The second-order valence-electron chi connectivity index (χ2n) is 18.3. The lowest BCUT2D eigenvalue weighted by atomic mass is 10.0. The molecule has 0 rings (SSSR count). The van der Waals surface area contributed by atoms with Crippen LogP contribution in [0.4, 0.5) is 0 Å². The van der Waals surface area contributed by atoms with Gasteiger partial charge in [0.05, 0.1) is 37.9 Å². The van der Waals surface area contributed by atoms with Crippen molar-refractivity contribution >= 4 is 13.7 Å². The van der Waals surface area contributed by atoms with Gasteiger partial charge in [-0.2, -0.15) is 0 Å². The Bertz CT molecular complexity index is 1040. The van der Waals surface area contributed by atoms with Gasteiger partial charge in [-0.25, -0.2) is 4.57 Å². The van der Waals surface area contributed by atoms with Crippen LogP contribution in [0.15, 0.2) is 24.3 Å². The minimum Gasteiger partial charge on any atom is -0.393 e. The summed E-state index contributed by atoms with van der Waals surface area (Å²) >= 11 is 0. The zero-order valence-electron chi connectivity index (χ0n) is 40.7. The third kappa shape index (κ3) is 45.5. The highest BCUT2D eigenvalue weighted by molar-refractivity contribution is 7.47. The van der Waals surface area contributed by atoms with Crippen molar-refractivity contribution in [2.45, 2.75) is 283 Å². The quantitative estimate of drug-likeness (QED) is 0.0230. The van der Waals surface area contributed by atoms with Crippen molar-refractivity contribution in [3.8, 4) is 0 Å². The van der Waals surface area contributed by atoms with Gasteiger partial charge in [-0.3, -0.25) is 13.8 Å². The van der Waals surface area contributed by atoms with E-state index in [1.165, 1.54) is 186 Å². The third-order valence-electron chi connectivity index (χ3n) is 12.1. The number of nitrogens with two attached hydrogens (primary N) is 1. The monoisotopic (exact) mass is 899 g/mol. The van der Waals surface area contributed by atoms with Crippen LogP contribution in [0.5, 0.6) is 0 Å². The summed E-state index contributed by atoms with van der Waals surface area (Å²) in [7, 11) is -4.41. The van der Waals surface area contributed by atoms with Gasteiger partial charge in [-0.15, -0.1) is 0 Å². The summed E-state index contributed by atoms with van der Waals surface area (Å²) in [6.45, 7) is 4.01. The van der Waals surface area contributed by atoms with Crippen LogP contribution in [-0.4, -0.2) is 59.0 Å². The molecule has 4 unspecified atom stereocenters. The van der Waals surface area contributed by atoms with Gasteiger partial charge in [-0.05, 0) is 44.9 Å². The smallest absolute Gasteiger partial charge is 0.393 e. The molecule has 0 aromatic heterocycles. The van der Waals surface area contributed by atoms with Crippen LogP contribution in [0, 0.1) is 0 Å². The van der Waals surface area contributed by atoms with Crippen molar-refractivity contribution < 1.29 is 33.5 Å². The molecule has 62 heavy (non-hydrogen) atoms. The zero-order chi connectivity index (χ0) is 45.5. The molecule has 1 amide bonds. The molecule has 0 aromatic rings. The molecule has 6 N–H and O–H groups in total. The third-order valence-corrected chi connectivity index (χ3v) is 13.1. The van der Waals surface area contributed by atoms with E-state index in [9.17, 15) is 24.5 Å². The number of unbranched alkanes of at least 4 members (excludes halogenated alkanes) is 34. The Kier molecular flexibility index (Phi) is 47.1. The zero-order valence-corrected chi connectivity index (χ0v) is 41.6. The lowest BCUT2D eigenvalue weighted by Gasteiger charge is -2.24. The predicted octanol–water partition coefficient (Wildman–Crippen LogP) is 14.7. The van der Waals surface area contributed by atoms with Crippen molar-refractivity contribution in [3.05, 3.63) is 24.3 Å². The van der Waals surface area contributed by atoms with E-state index in [2.05, 4.69) is 31.3 Å². The summed E-state index contributed by atoms with van der Waals surface area (Å²) in [4.78, 5) is 22.9. The first-order valence-corrected chi connectivity index (χ1v) is 28.0. The van der Waals surface area contributed by atoms with Crippen LogP contribution < -0.4 is 11.1 Å². The number of aliphatic hydroxyl groups excluding tert-OH is 2. The van der Waals surface area contributed by atoms with Crippen LogP contribution >= 0.6 is 7.82 Å². The molecular weight excluding hydrogens is 796 g/mol. The molecule has 0 aliphatic heterocycles. The van der Waals surface area contributed by atoms with Crippen molar-refractivity contribution in [1.82, 2.24) is 5.32 Å². The summed E-state index contributed by atoms with van der Waals surface area (Å²) in [5, 5.41) is 24.2. The van der Waals surface area contributed by atoms with Crippen LogP contribution in [0.2, 0.25) is 0 Å². The number of carbonyl (C=O) groups excluding carboxylic acids is 1. The standard InChI is InChI=1S/C52H103N2O7P/c1-3-5-7-9-11-13-15-17-19-21-23-24-26-27-29-31-33-35-37-39-41-43-49(55)47-52(57)54-50(48-61-62(58,59)60-46-45-53)51(56)44-42-40-38-36-34-32-30-28-25-22-20-18-16-14-12-10-8-6-4-2/h27,29,42,44,49-51,55-56H,3-26,28,30-41,43,45-48,53H2,1-2H3,(H,54,57)(H,58,59)/b29-27-,44-42+. The molecule has 0 heterocycles. The van der Waals surface area contributed by atoms with E-state index in [-0.39, 0.29) is 19.6 Å². The number of phosphoric acid groups is 1. The Morgan fingerprint density at radius 1 is 0.548 bits per heavy atom. The highest BCUT2D eigenvalue weighted by Crippen LogP contribution is 2.43. The normalized spacial score (nSPS) is 14.5. The first kappa shape index (κ1) is 60.9. The van der Waals surface area contributed by atoms with Crippen LogP contribution in [-0.2, 0) is 18.4 Å².